The van der Waals surface area contributed by atoms with Crippen molar-refractivity contribution in [3.8, 4) is 5.75 Å². The third-order valence-corrected chi connectivity index (χ3v) is 5.57. The summed E-state index contributed by atoms with van der Waals surface area (Å²) in [7, 11) is 1.53. The van der Waals surface area contributed by atoms with Gasteiger partial charge in [-0.05, 0) is 51.9 Å². The summed E-state index contributed by atoms with van der Waals surface area (Å²) in [5.74, 6) is -0.797. The standard InChI is InChI=1S/C21H21BrN4O4S/c1-30-17-8-7-14(9-16(17)22)19(28)23-21(31)25-24-20(29)15-10-18(27)26(12-15)11-13-5-3-2-4-6-13/h2-9,15H,10-12H2,1H3,(H,24,29)(H2,23,25,28,31). The SMILES string of the molecule is COc1ccc(C(=O)NC(=S)NNC(=O)C2CC(=O)N(Cc3ccccc3)C2)cc1Br. The molecule has 1 unspecified atom stereocenters. The highest BCUT2D eigenvalue weighted by Gasteiger charge is 2.34. The quantitative estimate of drug-likeness (QED) is 0.426. The van der Waals surface area contributed by atoms with Crippen LogP contribution in [0.25, 0.3) is 0 Å². The summed E-state index contributed by atoms with van der Waals surface area (Å²) in [5.41, 5.74) is 6.34. The molecular weight excluding hydrogens is 484 g/mol. The lowest BCUT2D eigenvalue weighted by Crippen LogP contribution is -2.50. The number of hydrogen-bond donors (Lipinski definition) is 3. The van der Waals surface area contributed by atoms with Gasteiger partial charge in [0, 0.05) is 25.1 Å². The van der Waals surface area contributed by atoms with Crippen LogP contribution < -0.4 is 20.9 Å². The lowest BCUT2D eigenvalue weighted by molar-refractivity contribution is -0.129. The number of carbonyl (C=O) groups excluding carboxylic acids is 3. The van der Waals surface area contributed by atoms with Crippen molar-refractivity contribution in [1.29, 1.82) is 0 Å². The largest absolute Gasteiger partial charge is 0.496 e. The molecule has 31 heavy (non-hydrogen) atoms. The molecule has 1 aliphatic heterocycles. The highest BCUT2D eigenvalue weighted by atomic mass is 79.9. The summed E-state index contributed by atoms with van der Waals surface area (Å²) in [5, 5.41) is 2.43. The molecule has 8 nitrogen and oxygen atoms in total. The molecule has 0 bridgehead atoms. The molecule has 10 heteroatoms. The average molecular weight is 505 g/mol. The first-order valence-electron chi connectivity index (χ1n) is 9.43. The summed E-state index contributed by atoms with van der Waals surface area (Å²) >= 11 is 8.38. The maximum atomic E-state index is 12.4. The van der Waals surface area contributed by atoms with Gasteiger partial charge >= 0.3 is 0 Å². The Balaban J connectivity index is 1.47. The number of halogens is 1. The fourth-order valence-electron chi connectivity index (χ4n) is 3.14. The second kappa shape index (κ2) is 10.4. The lowest BCUT2D eigenvalue weighted by atomic mass is 10.1. The third-order valence-electron chi connectivity index (χ3n) is 4.74. The van der Waals surface area contributed by atoms with Gasteiger partial charge in [-0.25, -0.2) is 0 Å². The maximum Gasteiger partial charge on any atom is 0.257 e. The monoisotopic (exact) mass is 504 g/mol. The minimum atomic E-state index is -0.500. The molecule has 162 valence electrons. The highest BCUT2D eigenvalue weighted by molar-refractivity contribution is 9.10. The highest BCUT2D eigenvalue weighted by Crippen LogP contribution is 2.25. The molecule has 0 saturated carbocycles. The van der Waals surface area contributed by atoms with E-state index in [1.54, 1.807) is 23.1 Å². The van der Waals surface area contributed by atoms with Gasteiger partial charge in [0.25, 0.3) is 5.91 Å². The van der Waals surface area contributed by atoms with Gasteiger partial charge in [-0.3, -0.25) is 30.6 Å². The van der Waals surface area contributed by atoms with Gasteiger partial charge in [0.1, 0.15) is 5.75 Å². The topological polar surface area (TPSA) is 99.8 Å². The van der Waals surface area contributed by atoms with E-state index in [0.29, 0.717) is 28.9 Å². The molecule has 0 aliphatic carbocycles. The van der Waals surface area contributed by atoms with E-state index >= 15 is 0 Å². The minimum Gasteiger partial charge on any atom is -0.496 e. The molecule has 3 N–H and O–H groups in total. The maximum absolute atomic E-state index is 12.4. The van der Waals surface area contributed by atoms with E-state index in [9.17, 15) is 14.4 Å². The number of methoxy groups -OCH3 is 1. The Bertz CT molecular complexity index is 1000. The zero-order chi connectivity index (χ0) is 22.4. The van der Waals surface area contributed by atoms with Crippen molar-refractivity contribution in [1.82, 2.24) is 21.1 Å². The first kappa shape index (κ1) is 22.7. The molecule has 3 rings (SSSR count). The number of likely N-dealkylation sites (tertiary alicyclic amines) is 1. The van der Waals surface area contributed by atoms with Crippen LogP contribution in [0.15, 0.2) is 53.0 Å². The van der Waals surface area contributed by atoms with E-state index in [2.05, 4.69) is 32.1 Å². The second-order valence-corrected chi connectivity index (χ2v) is 8.17. The van der Waals surface area contributed by atoms with Crippen molar-refractivity contribution < 1.29 is 19.1 Å². The molecular formula is C21H21BrN4O4S. The minimum absolute atomic E-state index is 0.0595. The van der Waals surface area contributed by atoms with Crippen LogP contribution in [0.2, 0.25) is 0 Å². The molecule has 1 heterocycles. The smallest absolute Gasteiger partial charge is 0.257 e. The number of nitrogens with zero attached hydrogens (tertiary/aromatic N) is 1. The van der Waals surface area contributed by atoms with Gasteiger partial charge in [-0.15, -0.1) is 0 Å². The van der Waals surface area contributed by atoms with Crippen LogP contribution in [-0.4, -0.2) is 41.4 Å². The van der Waals surface area contributed by atoms with E-state index in [-0.39, 0.29) is 23.3 Å². The van der Waals surface area contributed by atoms with Crippen molar-refractivity contribution in [3.05, 3.63) is 64.1 Å². The summed E-state index contributed by atoms with van der Waals surface area (Å²) in [6, 6.07) is 14.4. The van der Waals surface area contributed by atoms with E-state index in [1.165, 1.54) is 7.11 Å². The Labute approximate surface area is 193 Å². The summed E-state index contributed by atoms with van der Waals surface area (Å²) in [6.07, 6.45) is 0.124. The summed E-state index contributed by atoms with van der Waals surface area (Å²) in [6.45, 7) is 0.781. The number of hydrogen-bond acceptors (Lipinski definition) is 5. The van der Waals surface area contributed by atoms with E-state index in [0.717, 1.165) is 5.56 Å². The first-order chi connectivity index (χ1) is 14.9. The van der Waals surface area contributed by atoms with Crippen LogP contribution in [-0.2, 0) is 16.1 Å². The molecule has 2 aromatic carbocycles. The molecule has 0 spiro atoms. The van der Waals surface area contributed by atoms with Crippen molar-refractivity contribution in [3.63, 3.8) is 0 Å². The zero-order valence-electron chi connectivity index (χ0n) is 16.7. The van der Waals surface area contributed by atoms with Crippen LogP contribution in [0.3, 0.4) is 0 Å². The van der Waals surface area contributed by atoms with E-state index < -0.39 is 11.8 Å². The molecule has 1 atom stereocenters. The first-order valence-corrected chi connectivity index (χ1v) is 10.6. The van der Waals surface area contributed by atoms with E-state index in [1.807, 2.05) is 30.3 Å². The Hall–Kier alpha value is -2.98. The number of carbonyl (C=O) groups is 3. The Kier molecular flexibility index (Phi) is 7.59. The molecule has 1 saturated heterocycles. The number of ether oxygens (including phenoxy) is 1. The fraction of sp³-hybridized carbons (Fsp3) is 0.238. The molecule has 0 radical (unpaired) electrons. The number of hydrazine groups is 1. The molecule has 1 aliphatic rings. The van der Waals surface area contributed by atoms with Crippen molar-refractivity contribution in [2.75, 3.05) is 13.7 Å². The van der Waals surface area contributed by atoms with Gasteiger partial charge in [-0.1, -0.05) is 30.3 Å². The van der Waals surface area contributed by atoms with Crippen LogP contribution in [0, 0.1) is 5.92 Å². The average Bonchev–Trinajstić information content (AvgIpc) is 3.13. The van der Waals surface area contributed by atoms with Gasteiger partial charge in [0.05, 0.1) is 17.5 Å². The predicted octanol–water partition coefficient (Wildman–Crippen LogP) is 2.14. The molecule has 3 amide bonds. The molecule has 1 fully saturated rings. The Morgan fingerprint density at radius 1 is 1.19 bits per heavy atom. The summed E-state index contributed by atoms with van der Waals surface area (Å²) < 4.78 is 5.76. The molecule has 2 aromatic rings. The van der Waals surface area contributed by atoms with Crippen molar-refractivity contribution in [2.45, 2.75) is 13.0 Å². The normalized spacial score (nSPS) is 15.4. The van der Waals surface area contributed by atoms with Crippen molar-refractivity contribution >= 4 is 51.0 Å². The fourth-order valence-corrected chi connectivity index (χ4v) is 3.82. The summed E-state index contributed by atoms with van der Waals surface area (Å²) in [4.78, 5) is 38.6. The van der Waals surface area contributed by atoms with Crippen LogP contribution in [0.5, 0.6) is 5.75 Å². The third kappa shape index (κ3) is 6.02. The lowest BCUT2D eigenvalue weighted by Gasteiger charge is -2.17. The molecule has 0 aromatic heterocycles. The van der Waals surface area contributed by atoms with Crippen LogP contribution in [0.4, 0.5) is 0 Å². The number of benzene rings is 2. The second-order valence-electron chi connectivity index (χ2n) is 6.91. The van der Waals surface area contributed by atoms with Gasteiger partial charge in [0.2, 0.25) is 11.8 Å². The predicted molar refractivity (Wildman–Crippen MR) is 122 cm³/mol. The number of thiocarbonyl (C=S) groups is 1. The van der Waals surface area contributed by atoms with Crippen LogP contribution in [0.1, 0.15) is 22.3 Å². The van der Waals surface area contributed by atoms with Gasteiger partial charge in [-0.2, -0.15) is 0 Å². The Morgan fingerprint density at radius 2 is 1.94 bits per heavy atom. The van der Waals surface area contributed by atoms with Gasteiger partial charge in [0.15, 0.2) is 5.11 Å². The number of nitrogens with one attached hydrogen (secondary N) is 3. The van der Waals surface area contributed by atoms with Crippen LogP contribution >= 0.6 is 28.1 Å². The number of rotatable bonds is 5. The van der Waals surface area contributed by atoms with Crippen molar-refractivity contribution in [2.24, 2.45) is 5.92 Å². The number of amides is 3. The zero-order valence-corrected chi connectivity index (χ0v) is 19.1. The Morgan fingerprint density at radius 3 is 2.61 bits per heavy atom. The van der Waals surface area contributed by atoms with E-state index in [4.69, 9.17) is 17.0 Å². The van der Waals surface area contributed by atoms with Gasteiger partial charge < -0.3 is 9.64 Å².